The molecule has 0 radical (unpaired) electrons. The Bertz CT molecular complexity index is 233. The molecule has 0 aliphatic heterocycles. The van der Waals surface area contributed by atoms with Crippen LogP contribution in [0.5, 0.6) is 0 Å². The molecule has 0 aromatic carbocycles. The first-order valence-electron chi connectivity index (χ1n) is 4.95. The van der Waals surface area contributed by atoms with Crippen molar-refractivity contribution >= 4 is 6.98 Å². The van der Waals surface area contributed by atoms with Crippen molar-refractivity contribution in [2.45, 2.75) is 38.4 Å². The number of hydrogen-bond acceptors (Lipinski definition) is 0. The number of rotatable bonds is 2. The van der Waals surface area contributed by atoms with Gasteiger partial charge in [-0.1, -0.05) is 23.4 Å². The van der Waals surface area contributed by atoms with Gasteiger partial charge in [0, 0.05) is 0 Å². The minimum Gasteiger partial charge on any atom is -0.449 e. The minimum absolute atomic E-state index is 0. The van der Waals surface area contributed by atoms with Crippen molar-refractivity contribution < 1.29 is 64.3 Å². The molecule has 0 spiro atoms. The van der Waals surface area contributed by atoms with E-state index >= 15 is 0 Å². The molecule has 5 heteroatoms. The third-order valence-corrected chi connectivity index (χ3v) is 3.13. The first kappa shape index (κ1) is 13.3. The fourth-order valence-corrected chi connectivity index (χ4v) is 2.18. The van der Waals surface area contributed by atoms with Crippen molar-refractivity contribution in [1.29, 1.82) is 0 Å². The van der Waals surface area contributed by atoms with E-state index in [1.807, 2.05) is 0 Å². The Kier molecular flexibility index (Phi) is 4.79. The molecule has 2 saturated carbocycles. The van der Waals surface area contributed by atoms with Crippen LogP contribution in [0.25, 0.3) is 0 Å². The molecule has 14 heavy (non-hydrogen) atoms. The van der Waals surface area contributed by atoms with Gasteiger partial charge in [0.2, 0.25) is 0 Å². The summed E-state index contributed by atoms with van der Waals surface area (Å²) >= 11 is 0. The van der Waals surface area contributed by atoms with E-state index in [1.54, 1.807) is 0 Å². The predicted octanol–water partition coefficient (Wildman–Crippen LogP) is 0.728. The summed E-state index contributed by atoms with van der Waals surface area (Å²) in [4.78, 5) is 0. The van der Waals surface area contributed by atoms with Gasteiger partial charge in [0.15, 0.2) is 0 Å². The topological polar surface area (TPSA) is 0 Å². The van der Waals surface area contributed by atoms with Crippen LogP contribution in [0.2, 0.25) is 6.32 Å². The molecule has 2 aliphatic rings. The van der Waals surface area contributed by atoms with Crippen LogP contribution in [0.15, 0.2) is 11.1 Å². The van der Waals surface area contributed by atoms with Gasteiger partial charge >= 0.3 is 58.4 Å². The maximum atomic E-state index is 12.0. The molecule has 0 nitrogen and oxygen atoms in total. The van der Waals surface area contributed by atoms with E-state index in [2.05, 4.69) is 0 Å². The Morgan fingerprint density at radius 1 is 1.07 bits per heavy atom. The van der Waals surface area contributed by atoms with Crippen molar-refractivity contribution in [3.63, 3.8) is 0 Å². The summed E-state index contributed by atoms with van der Waals surface area (Å²) in [5.41, 5.74) is 2.81. The maximum Gasteiger partial charge on any atom is 1.00 e. The van der Waals surface area contributed by atoms with Gasteiger partial charge in [-0.3, -0.25) is 0 Å². The van der Waals surface area contributed by atoms with Gasteiger partial charge in [0.1, 0.15) is 0 Å². The Morgan fingerprint density at radius 2 is 1.64 bits per heavy atom. The summed E-state index contributed by atoms with van der Waals surface area (Å²) in [7, 11) is 0. The van der Waals surface area contributed by atoms with Gasteiger partial charge in [-0.25, -0.2) is 0 Å². The third kappa shape index (κ3) is 3.37. The predicted molar refractivity (Wildman–Crippen MR) is 47.5 cm³/mol. The molecule has 0 amide bonds. The van der Waals surface area contributed by atoms with Crippen LogP contribution in [0.1, 0.15) is 32.1 Å². The van der Waals surface area contributed by atoms with Crippen LogP contribution < -0.4 is 51.4 Å². The normalized spacial score (nSPS) is 26.4. The summed E-state index contributed by atoms with van der Waals surface area (Å²) in [6, 6.07) is 0. The molecule has 74 valence electrons. The summed E-state index contributed by atoms with van der Waals surface area (Å²) in [6.45, 7) is -4.55. The van der Waals surface area contributed by atoms with E-state index < -0.39 is 13.3 Å². The van der Waals surface area contributed by atoms with Crippen molar-refractivity contribution in [2.75, 3.05) is 0 Å². The van der Waals surface area contributed by atoms with E-state index in [9.17, 15) is 12.9 Å². The zero-order chi connectivity index (χ0) is 9.47. The molecule has 0 N–H and O–H groups in total. The smallest absolute Gasteiger partial charge is 0.449 e. The third-order valence-electron chi connectivity index (χ3n) is 3.13. The second-order valence-electron chi connectivity index (χ2n) is 4.28. The number of allylic oxidation sites excluding steroid dienone is 2. The summed E-state index contributed by atoms with van der Waals surface area (Å²) in [5.74, 6) is -0.0805. The first-order valence-corrected chi connectivity index (χ1v) is 4.95. The van der Waals surface area contributed by atoms with Gasteiger partial charge in [0.05, 0.1) is 0 Å². The fourth-order valence-electron chi connectivity index (χ4n) is 2.18. The molecule has 2 fully saturated rings. The van der Waals surface area contributed by atoms with Gasteiger partial charge < -0.3 is 12.9 Å². The summed E-state index contributed by atoms with van der Waals surface area (Å²) < 4.78 is 36.0. The van der Waals surface area contributed by atoms with Gasteiger partial charge in [-0.2, -0.15) is 0 Å². The van der Waals surface area contributed by atoms with Crippen molar-refractivity contribution in [2.24, 2.45) is 5.92 Å². The molecule has 0 heterocycles. The van der Waals surface area contributed by atoms with Gasteiger partial charge in [-0.15, -0.1) is 0 Å². The van der Waals surface area contributed by atoms with Gasteiger partial charge in [0.25, 0.3) is 0 Å². The summed E-state index contributed by atoms with van der Waals surface area (Å²) in [5, 5.41) is 0. The van der Waals surface area contributed by atoms with Crippen LogP contribution in [-0.2, 0) is 0 Å². The standard InChI is InChI=1S/C9H13BF3.K/c11-10(12,13)6-7-4-9(5-7)8-2-1-3-8;/h7H,1-6H2;/q-1;+1. The van der Waals surface area contributed by atoms with Crippen LogP contribution in [0.4, 0.5) is 12.9 Å². The molecule has 0 saturated heterocycles. The molecule has 0 aromatic rings. The van der Waals surface area contributed by atoms with E-state index in [1.165, 1.54) is 17.6 Å². The van der Waals surface area contributed by atoms with E-state index in [0.29, 0.717) is 0 Å². The van der Waals surface area contributed by atoms with Crippen LogP contribution in [0, 0.1) is 5.92 Å². The zero-order valence-electron chi connectivity index (χ0n) is 8.53. The van der Waals surface area contributed by atoms with E-state index in [0.717, 1.165) is 25.7 Å². The largest absolute Gasteiger partial charge is 1.00 e. The SMILES string of the molecule is F[B-](F)(F)CC1CC(=C2CCC2)C1.[K+]. The second kappa shape index (κ2) is 5.04. The monoisotopic (exact) mass is 228 g/mol. The quantitative estimate of drug-likeness (QED) is 0.482. The molecule has 0 bridgehead atoms. The van der Waals surface area contributed by atoms with Crippen LogP contribution in [-0.4, -0.2) is 6.98 Å². The molecule has 2 aliphatic carbocycles. The molecule has 0 aromatic heterocycles. The Balaban J connectivity index is 0.000000980. The average molecular weight is 228 g/mol. The van der Waals surface area contributed by atoms with Crippen LogP contribution in [0.3, 0.4) is 0 Å². The van der Waals surface area contributed by atoms with Gasteiger partial charge in [-0.05, 0) is 32.1 Å². The zero-order valence-corrected chi connectivity index (χ0v) is 11.7. The molecule has 0 unspecified atom stereocenters. The van der Waals surface area contributed by atoms with Crippen LogP contribution >= 0.6 is 0 Å². The number of halogens is 3. The van der Waals surface area contributed by atoms with Crippen molar-refractivity contribution in [1.82, 2.24) is 0 Å². The minimum atomic E-state index is -4.55. The molecular weight excluding hydrogens is 215 g/mol. The number of hydrogen-bond donors (Lipinski definition) is 0. The van der Waals surface area contributed by atoms with E-state index in [4.69, 9.17) is 0 Å². The van der Waals surface area contributed by atoms with Crippen molar-refractivity contribution in [3.05, 3.63) is 11.1 Å². The Labute approximate surface area is 125 Å². The molecule has 0 atom stereocenters. The van der Waals surface area contributed by atoms with E-state index in [-0.39, 0.29) is 57.3 Å². The maximum absolute atomic E-state index is 12.0. The fraction of sp³-hybridized carbons (Fsp3) is 0.778. The Morgan fingerprint density at radius 3 is 2.00 bits per heavy atom. The first-order chi connectivity index (χ1) is 6.04. The molecule has 2 rings (SSSR count). The van der Waals surface area contributed by atoms with Crippen molar-refractivity contribution in [3.8, 4) is 0 Å². The molecular formula is C9H13BF3K. The Hall–Kier alpha value is 1.23. The average Bonchev–Trinajstić information content (AvgIpc) is 1.75. The summed E-state index contributed by atoms with van der Waals surface area (Å²) in [6.07, 6.45) is 4.50. The second-order valence-corrected chi connectivity index (χ2v) is 4.28.